The summed E-state index contributed by atoms with van der Waals surface area (Å²) in [6, 6.07) is 0. The lowest BCUT2D eigenvalue weighted by molar-refractivity contribution is 0.0442. The molecule has 0 bridgehead atoms. The van der Waals surface area contributed by atoms with Gasteiger partial charge in [0.2, 0.25) is 0 Å². The monoisotopic (exact) mass is 256 g/mol. The third-order valence-electron chi connectivity index (χ3n) is 3.71. The van der Waals surface area contributed by atoms with Crippen LogP contribution in [0, 0.1) is 5.92 Å². The smallest absolute Gasteiger partial charge is 0.0632 e. The Balaban J connectivity index is 2.29. The first-order valence-corrected chi connectivity index (χ1v) is 7.38. The lowest BCUT2D eigenvalue weighted by Crippen LogP contribution is -2.41. The van der Waals surface area contributed by atoms with Crippen molar-refractivity contribution in [2.75, 3.05) is 26.2 Å². The Bertz CT molecular complexity index is 245. The van der Waals surface area contributed by atoms with Gasteiger partial charge in [-0.1, -0.05) is 6.92 Å². The van der Waals surface area contributed by atoms with Gasteiger partial charge in [0.1, 0.15) is 0 Å². The lowest BCUT2D eigenvalue weighted by atomic mass is 9.98. The van der Waals surface area contributed by atoms with E-state index in [1.165, 1.54) is 0 Å². The molecule has 3 nitrogen and oxygen atoms in total. The normalized spacial score (nSPS) is 29.0. The molecule has 1 saturated heterocycles. The number of aliphatic hydroxyl groups is 1. The molecule has 18 heavy (non-hydrogen) atoms. The van der Waals surface area contributed by atoms with Crippen molar-refractivity contribution < 1.29 is 5.11 Å². The number of rotatable bonds is 4. The van der Waals surface area contributed by atoms with Gasteiger partial charge in [0.15, 0.2) is 0 Å². The molecule has 1 rings (SSSR count). The lowest BCUT2D eigenvalue weighted by Gasteiger charge is -2.28. The Labute approximate surface area is 113 Å². The van der Waals surface area contributed by atoms with E-state index in [4.69, 9.17) is 0 Å². The van der Waals surface area contributed by atoms with E-state index in [1.807, 2.05) is 6.92 Å². The molecule has 0 aromatic rings. The van der Waals surface area contributed by atoms with Crippen LogP contribution in [0.15, 0.2) is 0 Å². The predicted molar refractivity (Wildman–Crippen MR) is 77.8 cm³/mol. The second kappa shape index (κ2) is 6.36. The minimum atomic E-state index is -0.443. The van der Waals surface area contributed by atoms with Gasteiger partial charge in [-0.05, 0) is 66.0 Å². The fourth-order valence-electron chi connectivity index (χ4n) is 2.49. The highest BCUT2D eigenvalue weighted by Gasteiger charge is 2.25. The molecule has 3 heteroatoms. The standard InChI is InChI=1S/C15H32N2O/c1-13(11-16-14(2,3)4)12-17-9-6-7-15(5,18)8-10-17/h13,16,18H,6-12H2,1-5H3. The average molecular weight is 256 g/mol. The Morgan fingerprint density at radius 3 is 2.56 bits per heavy atom. The van der Waals surface area contributed by atoms with E-state index in [0.717, 1.165) is 45.4 Å². The van der Waals surface area contributed by atoms with Crippen LogP contribution in [-0.4, -0.2) is 47.3 Å². The van der Waals surface area contributed by atoms with Crippen LogP contribution in [0.4, 0.5) is 0 Å². The fourth-order valence-corrected chi connectivity index (χ4v) is 2.49. The summed E-state index contributed by atoms with van der Waals surface area (Å²) >= 11 is 0. The Morgan fingerprint density at radius 1 is 1.28 bits per heavy atom. The van der Waals surface area contributed by atoms with Crippen molar-refractivity contribution in [3.8, 4) is 0 Å². The van der Waals surface area contributed by atoms with Crippen LogP contribution in [0.5, 0.6) is 0 Å². The quantitative estimate of drug-likeness (QED) is 0.810. The molecular formula is C15H32N2O. The third-order valence-corrected chi connectivity index (χ3v) is 3.71. The van der Waals surface area contributed by atoms with Crippen LogP contribution in [0.2, 0.25) is 0 Å². The minimum Gasteiger partial charge on any atom is -0.390 e. The van der Waals surface area contributed by atoms with E-state index in [-0.39, 0.29) is 5.54 Å². The molecule has 1 aliphatic rings. The molecule has 1 heterocycles. The zero-order valence-electron chi connectivity index (χ0n) is 12.9. The van der Waals surface area contributed by atoms with Crippen molar-refractivity contribution in [3.05, 3.63) is 0 Å². The summed E-state index contributed by atoms with van der Waals surface area (Å²) in [6.45, 7) is 15.3. The van der Waals surface area contributed by atoms with E-state index >= 15 is 0 Å². The highest BCUT2D eigenvalue weighted by atomic mass is 16.3. The van der Waals surface area contributed by atoms with Crippen molar-refractivity contribution in [1.82, 2.24) is 10.2 Å². The molecule has 1 aliphatic heterocycles. The van der Waals surface area contributed by atoms with Crippen molar-refractivity contribution in [1.29, 1.82) is 0 Å². The molecule has 0 saturated carbocycles. The molecule has 0 aromatic heterocycles. The summed E-state index contributed by atoms with van der Waals surface area (Å²) in [6.07, 6.45) is 2.97. The van der Waals surface area contributed by atoms with Crippen molar-refractivity contribution in [2.45, 2.75) is 65.0 Å². The first-order chi connectivity index (χ1) is 8.18. The van der Waals surface area contributed by atoms with Crippen LogP contribution >= 0.6 is 0 Å². The Hall–Kier alpha value is -0.120. The molecule has 0 aliphatic carbocycles. The second-order valence-corrected chi connectivity index (χ2v) is 7.39. The van der Waals surface area contributed by atoms with Gasteiger partial charge in [-0.3, -0.25) is 0 Å². The van der Waals surface area contributed by atoms with E-state index in [9.17, 15) is 5.11 Å². The van der Waals surface area contributed by atoms with E-state index in [0.29, 0.717) is 5.92 Å². The van der Waals surface area contributed by atoms with Crippen LogP contribution < -0.4 is 5.32 Å². The molecular weight excluding hydrogens is 224 g/mol. The Morgan fingerprint density at radius 2 is 1.94 bits per heavy atom. The maximum atomic E-state index is 10.1. The zero-order valence-corrected chi connectivity index (χ0v) is 12.9. The van der Waals surface area contributed by atoms with Crippen LogP contribution in [0.25, 0.3) is 0 Å². The predicted octanol–water partition coefficient (Wildman–Crippen LogP) is 2.25. The van der Waals surface area contributed by atoms with Crippen LogP contribution in [-0.2, 0) is 0 Å². The highest BCUT2D eigenvalue weighted by Crippen LogP contribution is 2.21. The van der Waals surface area contributed by atoms with Crippen LogP contribution in [0.3, 0.4) is 0 Å². The number of nitrogens with zero attached hydrogens (tertiary/aromatic N) is 1. The zero-order chi connectivity index (χ0) is 13.8. The van der Waals surface area contributed by atoms with Gasteiger partial charge in [-0.15, -0.1) is 0 Å². The first-order valence-electron chi connectivity index (χ1n) is 7.38. The largest absolute Gasteiger partial charge is 0.390 e. The SMILES string of the molecule is CC(CNC(C)(C)C)CN1CCCC(C)(O)CC1. The number of hydrogen-bond donors (Lipinski definition) is 2. The maximum absolute atomic E-state index is 10.1. The van der Waals surface area contributed by atoms with Gasteiger partial charge in [0.25, 0.3) is 0 Å². The molecule has 0 spiro atoms. The van der Waals surface area contributed by atoms with Gasteiger partial charge < -0.3 is 15.3 Å². The summed E-state index contributed by atoms with van der Waals surface area (Å²) < 4.78 is 0. The summed E-state index contributed by atoms with van der Waals surface area (Å²) in [5.41, 5.74) is -0.238. The molecule has 2 N–H and O–H groups in total. The summed E-state index contributed by atoms with van der Waals surface area (Å²) in [5, 5.41) is 13.6. The summed E-state index contributed by atoms with van der Waals surface area (Å²) in [7, 11) is 0. The van der Waals surface area contributed by atoms with Crippen molar-refractivity contribution >= 4 is 0 Å². The second-order valence-electron chi connectivity index (χ2n) is 7.39. The molecule has 108 valence electrons. The van der Waals surface area contributed by atoms with Gasteiger partial charge in [0.05, 0.1) is 5.60 Å². The third kappa shape index (κ3) is 6.72. The minimum absolute atomic E-state index is 0.205. The number of hydrogen-bond acceptors (Lipinski definition) is 3. The van der Waals surface area contributed by atoms with E-state index in [1.54, 1.807) is 0 Å². The molecule has 1 fully saturated rings. The van der Waals surface area contributed by atoms with Gasteiger partial charge in [0, 0.05) is 18.6 Å². The molecule has 0 aromatic carbocycles. The van der Waals surface area contributed by atoms with Crippen LogP contribution in [0.1, 0.15) is 53.9 Å². The van der Waals surface area contributed by atoms with E-state index < -0.39 is 5.60 Å². The summed E-state index contributed by atoms with van der Waals surface area (Å²) in [5.74, 6) is 0.660. The van der Waals surface area contributed by atoms with Crippen molar-refractivity contribution in [3.63, 3.8) is 0 Å². The number of likely N-dealkylation sites (tertiary alicyclic amines) is 1. The van der Waals surface area contributed by atoms with Crippen molar-refractivity contribution in [2.24, 2.45) is 5.92 Å². The Kier molecular flexibility index (Phi) is 5.63. The van der Waals surface area contributed by atoms with Gasteiger partial charge in [-0.2, -0.15) is 0 Å². The van der Waals surface area contributed by atoms with Gasteiger partial charge >= 0.3 is 0 Å². The first kappa shape index (κ1) is 15.9. The summed E-state index contributed by atoms with van der Waals surface area (Å²) in [4.78, 5) is 2.51. The fraction of sp³-hybridized carbons (Fsp3) is 1.00. The van der Waals surface area contributed by atoms with Gasteiger partial charge in [-0.25, -0.2) is 0 Å². The molecule has 0 radical (unpaired) electrons. The number of nitrogens with one attached hydrogen (secondary N) is 1. The molecule has 2 atom stereocenters. The molecule has 0 amide bonds. The maximum Gasteiger partial charge on any atom is 0.0632 e. The molecule has 2 unspecified atom stereocenters. The topological polar surface area (TPSA) is 35.5 Å². The average Bonchev–Trinajstić information content (AvgIpc) is 2.37. The highest BCUT2D eigenvalue weighted by molar-refractivity contribution is 4.80. The van der Waals surface area contributed by atoms with E-state index in [2.05, 4.69) is 37.9 Å².